The van der Waals surface area contributed by atoms with Crippen molar-refractivity contribution < 1.29 is 10.2 Å². The van der Waals surface area contributed by atoms with Crippen molar-refractivity contribution >= 4 is 0 Å². The van der Waals surface area contributed by atoms with Crippen LogP contribution >= 0.6 is 0 Å². The van der Waals surface area contributed by atoms with Crippen molar-refractivity contribution in [2.75, 3.05) is 13.2 Å². The standard InChI is InChI=1S/C10H20O2/c1-8-3-4-10(6-11,7-12)9(2)5-8/h8-9,11-12H,3-7H2,1-2H3. The van der Waals surface area contributed by atoms with E-state index in [0.29, 0.717) is 5.92 Å². The van der Waals surface area contributed by atoms with Crippen molar-refractivity contribution in [3.8, 4) is 0 Å². The van der Waals surface area contributed by atoms with Gasteiger partial charge in [-0.05, 0) is 31.1 Å². The maximum Gasteiger partial charge on any atom is 0.0511 e. The molecular formula is C10H20O2. The summed E-state index contributed by atoms with van der Waals surface area (Å²) in [4.78, 5) is 0. The van der Waals surface area contributed by atoms with Crippen LogP contribution < -0.4 is 0 Å². The van der Waals surface area contributed by atoms with E-state index in [4.69, 9.17) is 0 Å². The van der Waals surface area contributed by atoms with Crippen molar-refractivity contribution in [1.82, 2.24) is 0 Å². The zero-order valence-electron chi connectivity index (χ0n) is 8.08. The lowest BCUT2D eigenvalue weighted by Gasteiger charge is -2.42. The summed E-state index contributed by atoms with van der Waals surface area (Å²) < 4.78 is 0. The van der Waals surface area contributed by atoms with Crippen LogP contribution in [0, 0.1) is 17.3 Å². The summed E-state index contributed by atoms with van der Waals surface area (Å²) in [6.45, 7) is 4.66. The van der Waals surface area contributed by atoms with Crippen molar-refractivity contribution in [2.45, 2.75) is 33.1 Å². The third-order valence-corrected chi connectivity index (χ3v) is 3.57. The SMILES string of the molecule is CC1CCC(CO)(CO)C(C)C1. The van der Waals surface area contributed by atoms with Gasteiger partial charge in [0.1, 0.15) is 0 Å². The first-order valence-electron chi connectivity index (χ1n) is 4.86. The van der Waals surface area contributed by atoms with Gasteiger partial charge in [-0.2, -0.15) is 0 Å². The highest BCUT2D eigenvalue weighted by molar-refractivity contribution is 4.88. The number of hydrogen-bond donors (Lipinski definition) is 2. The Balaban J connectivity index is 2.64. The molecule has 1 fully saturated rings. The molecule has 0 radical (unpaired) electrons. The molecule has 0 heterocycles. The summed E-state index contributed by atoms with van der Waals surface area (Å²) in [5.41, 5.74) is -0.188. The normalized spacial score (nSPS) is 35.0. The number of aliphatic hydroxyl groups is 2. The molecule has 0 spiro atoms. The summed E-state index contributed by atoms with van der Waals surface area (Å²) >= 11 is 0. The van der Waals surface area contributed by atoms with Crippen molar-refractivity contribution in [3.63, 3.8) is 0 Å². The van der Waals surface area contributed by atoms with Gasteiger partial charge in [0.25, 0.3) is 0 Å². The Morgan fingerprint density at radius 3 is 2.25 bits per heavy atom. The fourth-order valence-electron chi connectivity index (χ4n) is 2.27. The number of rotatable bonds is 2. The minimum Gasteiger partial charge on any atom is -0.396 e. The largest absolute Gasteiger partial charge is 0.396 e. The van der Waals surface area contributed by atoms with Crippen molar-refractivity contribution in [2.24, 2.45) is 17.3 Å². The monoisotopic (exact) mass is 172 g/mol. The molecule has 0 aromatic carbocycles. The summed E-state index contributed by atoms with van der Waals surface area (Å²) in [6, 6.07) is 0. The molecule has 12 heavy (non-hydrogen) atoms. The van der Waals surface area contributed by atoms with Gasteiger partial charge in [0.15, 0.2) is 0 Å². The van der Waals surface area contributed by atoms with E-state index >= 15 is 0 Å². The topological polar surface area (TPSA) is 40.5 Å². The molecule has 2 atom stereocenters. The van der Waals surface area contributed by atoms with E-state index in [1.54, 1.807) is 0 Å². The minimum atomic E-state index is -0.188. The van der Waals surface area contributed by atoms with E-state index in [9.17, 15) is 10.2 Å². The van der Waals surface area contributed by atoms with Crippen LogP contribution in [0.2, 0.25) is 0 Å². The van der Waals surface area contributed by atoms with Gasteiger partial charge in [-0.25, -0.2) is 0 Å². The summed E-state index contributed by atoms with van der Waals surface area (Å²) in [5.74, 6) is 1.21. The maximum absolute atomic E-state index is 9.24. The van der Waals surface area contributed by atoms with Crippen LogP contribution in [0.5, 0.6) is 0 Å². The van der Waals surface area contributed by atoms with E-state index in [2.05, 4.69) is 13.8 Å². The van der Waals surface area contributed by atoms with Crippen LogP contribution in [-0.2, 0) is 0 Å². The maximum atomic E-state index is 9.24. The van der Waals surface area contributed by atoms with Crippen LogP contribution in [0.25, 0.3) is 0 Å². The quantitative estimate of drug-likeness (QED) is 0.661. The summed E-state index contributed by atoms with van der Waals surface area (Å²) in [7, 11) is 0. The molecule has 0 aromatic heterocycles. The average molecular weight is 172 g/mol. The highest BCUT2D eigenvalue weighted by Gasteiger charge is 2.38. The molecule has 1 rings (SSSR count). The molecule has 0 bridgehead atoms. The Morgan fingerprint density at radius 2 is 1.83 bits per heavy atom. The molecule has 2 unspecified atom stereocenters. The van der Waals surface area contributed by atoms with E-state index < -0.39 is 0 Å². The van der Waals surface area contributed by atoms with E-state index in [1.807, 2.05) is 0 Å². The summed E-state index contributed by atoms with van der Waals surface area (Å²) in [5, 5.41) is 18.5. The Labute approximate surface area is 74.6 Å². The van der Waals surface area contributed by atoms with Gasteiger partial charge in [0, 0.05) is 5.41 Å². The molecule has 0 aromatic rings. The molecule has 1 aliphatic rings. The molecule has 72 valence electrons. The van der Waals surface area contributed by atoms with Crippen LogP contribution in [-0.4, -0.2) is 23.4 Å². The highest BCUT2D eigenvalue weighted by atomic mass is 16.3. The van der Waals surface area contributed by atoms with Gasteiger partial charge in [-0.1, -0.05) is 13.8 Å². The van der Waals surface area contributed by atoms with Gasteiger partial charge < -0.3 is 10.2 Å². The molecule has 2 heteroatoms. The van der Waals surface area contributed by atoms with Crippen LogP contribution in [0.4, 0.5) is 0 Å². The number of aliphatic hydroxyl groups excluding tert-OH is 2. The first-order chi connectivity index (χ1) is 5.64. The predicted molar refractivity (Wildman–Crippen MR) is 48.8 cm³/mol. The molecule has 0 saturated heterocycles. The van der Waals surface area contributed by atoms with Crippen molar-refractivity contribution in [1.29, 1.82) is 0 Å². The first-order valence-corrected chi connectivity index (χ1v) is 4.86. The zero-order valence-corrected chi connectivity index (χ0v) is 8.08. The number of hydrogen-bond acceptors (Lipinski definition) is 2. The van der Waals surface area contributed by atoms with E-state index in [-0.39, 0.29) is 18.6 Å². The lowest BCUT2D eigenvalue weighted by atomic mass is 9.65. The second-order valence-electron chi connectivity index (χ2n) is 4.46. The molecule has 2 N–H and O–H groups in total. The fraction of sp³-hybridized carbons (Fsp3) is 1.00. The molecule has 1 saturated carbocycles. The lowest BCUT2D eigenvalue weighted by molar-refractivity contribution is -0.0292. The molecular weight excluding hydrogens is 152 g/mol. The van der Waals surface area contributed by atoms with Gasteiger partial charge >= 0.3 is 0 Å². The molecule has 0 amide bonds. The second-order valence-corrected chi connectivity index (χ2v) is 4.46. The lowest BCUT2D eigenvalue weighted by Crippen LogP contribution is -2.40. The van der Waals surface area contributed by atoms with Gasteiger partial charge in [-0.3, -0.25) is 0 Å². The van der Waals surface area contributed by atoms with Crippen LogP contribution in [0.1, 0.15) is 33.1 Å². The second kappa shape index (κ2) is 3.75. The van der Waals surface area contributed by atoms with Crippen molar-refractivity contribution in [3.05, 3.63) is 0 Å². The van der Waals surface area contributed by atoms with Gasteiger partial charge in [-0.15, -0.1) is 0 Å². The van der Waals surface area contributed by atoms with E-state index in [0.717, 1.165) is 25.2 Å². The predicted octanol–water partition coefficient (Wildman–Crippen LogP) is 1.41. The third kappa shape index (κ3) is 1.64. The Bertz CT molecular complexity index is 141. The third-order valence-electron chi connectivity index (χ3n) is 3.57. The average Bonchev–Trinajstić information content (AvgIpc) is 2.06. The zero-order chi connectivity index (χ0) is 9.19. The smallest absolute Gasteiger partial charge is 0.0511 e. The summed E-state index contributed by atoms with van der Waals surface area (Å²) in [6.07, 6.45) is 3.26. The molecule has 1 aliphatic carbocycles. The van der Waals surface area contributed by atoms with Crippen LogP contribution in [0.3, 0.4) is 0 Å². The molecule has 0 aliphatic heterocycles. The highest BCUT2D eigenvalue weighted by Crippen LogP contribution is 2.42. The Hall–Kier alpha value is -0.0800. The van der Waals surface area contributed by atoms with Gasteiger partial charge in [0.2, 0.25) is 0 Å². The van der Waals surface area contributed by atoms with Crippen LogP contribution in [0.15, 0.2) is 0 Å². The van der Waals surface area contributed by atoms with Gasteiger partial charge in [0.05, 0.1) is 13.2 Å². The fourth-order valence-corrected chi connectivity index (χ4v) is 2.27. The Morgan fingerprint density at radius 1 is 1.25 bits per heavy atom. The first kappa shape index (κ1) is 10.0. The minimum absolute atomic E-state index is 0.136. The molecule has 2 nitrogen and oxygen atoms in total. The van der Waals surface area contributed by atoms with E-state index in [1.165, 1.54) is 0 Å². The Kier molecular flexibility index (Phi) is 3.13.